The lowest BCUT2D eigenvalue weighted by atomic mass is 9.78. The largest absolute Gasteiger partial charge is 0.495 e. The maximum Gasteiger partial charge on any atom is 0.495 e. The highest BCUT2D eigenvalue weighted by Gasteiger charge is 2.38. The molecule has 4 nitrogen and oxygen atoms in total. The van der Waals surface area contributed by atoms with Crippen LogP contribution in [-0.2, 0) is 4.65 Å². The molecule has 16 heavy (non-hydrogen) atoms. The average Bonchev–Trinajstić information content (AvgIpc) is 3.03. The lowest BCUT2D eigenvalue weighted by Crippen LogP contribution is -2.30. The lowest BCUT2D eigenvalue weighted by Gasteiger charge is -2.10. The summed E-state index contributed by atoms with van der Waals surface area (Å²) >= 11 is 0. The molecular weight excluding hydrogens is 205 g/mol. The van der Waals surface area contributed by atoms with Gasteiger partial charge in [0.2, 0.25) is 0 Å². The van der Waals surface area contributed by atoms with E-state index in [-0.39, 0.29) is 6.10 Å². The zero-order chi connectivity index (χ0) is 11.1. The highest BCUT2D eigenvalue weighted by atomic mass is 16.5. The molecule has 1 aliphatic heterocycles. The van der Waals surface area contributed by atoms with Gasteiger partial charge in [-0.2, -0.15) is 0 Å². The summed E-state index contributed by atoms with van der Waals surface area (Å²) in [5, 5.41) is 9.84. The predicted octanol–water partition coefficient (Wildman–Crippen LogP) is -0.0547. The minimum Gasteiger partial charge on any atom is -0.491 e. The van der Waals surface area contributed by atoms with Crippen molar-refractivity contribution in [2.24, 2.45) is 5.73 Å². The smallest absolute Gasteiger partial charge is 0.491 e. The Bertz CT molecular complexity index is 408. The lowest BCUT2D eigenvalue weighted by molar-refractivity contribution is 0.198. The van der Waals surface area contributed by atoms with E-state index in [2.05, 4.69) is 0 Å². The summed E-state index contributed by atoms with van der Waals surface area (Å²) in [7, 11) is -0.904. The number of fused-ring (bicyclic) bond motifs is 1. The second-order valence-electron chi connectivity index (χ2n) is 4.29. The quantitative estimate of drug-likeness (QED) is 0.699. The van der Waals surface area contributed by atoms with Gasteiger partial charge in [-0.15, -0.1) is 0 Å². The normalized spacial score (nSPS) is 23.4. The van der Waals surface area contributed by atoms with Crippen molar-refractivity contribution in [3.05, 3.63) is 23.8 Å². The van der Waals surface area contributed by atoms with Crippen LogP contribution >= 0.6 is 0 Å². The van der Waals surface area contributed by atoms with Crippen LogP contribution in [0.3, 0.4) is 0 Å². The molecule has 1 saturated carbocycles. The molecule has 0 spiro atoms. The van der Waals surface area contributed by atoms with Gasteiger partial charge in [-0.05, 0) is 24.5 Å². The first-order chi connectivity index (χ1) is 7.79. The minimum atomic E-state index is -0.904. The second-order valence-corrected chi connectivity index (χ2v) is 4.29. The predicted molar refractivity (Wildman–Crippen MR) is 60.6 cm³/mol. The molecule has 1 aromatic rings. The SMILES string of the molecule is NCC1OB(O)c2c(OC3CC3)cccc21. The summed E-state index contributed by atoms with van der Waals surface area (Å²) in [6, 6.07) is 5.73. The highest BCUT2D eigenvalue weighted by Crippen LogP contribution is 2.30. The van der Waals surface area contributed by atoms with Crippen molar-refractivity contribution in [3.63, 3.8) is 0 Å². The molecule has 3 rings (SSSR count). The van der Waals surface area contributed by atoms with Crippen molar-refractivity contribution in [3.8, 4) is 5.75 Å². The molecule has 5 heteroatoms. The average molecular weight is 219 g/mol. The van der Waals surface area contributed by atoms with Gasteiger partial charge in [0.05, 0.1) is 12.2 Å². The molecule has 0 bridgehead atoms. The number of hydrogen-bond acceptors (Lipinski definition) is 4. The van der Waals surface area contributed by atoms with E-state index in [4.69, 9.17) is 15.1 Å². The third kappa shape index (κ3) is 1.61. The highest BCUT2D eigenvalue weighted by molar-refractivity contribution is 6.62. The monoisotopic (exact) mass is 219 g/mol. The van der Waals surface area contributed by atoms with Gasteiger partial charge < -0.3 is 20.1 Å². The number of nitrogens with two attached hydrogens (primary N) is 1. The third-order valence-electron chi connectivity index (χ3n) is 3.02. The Labute approximate surface area is 94.5 Å². The minimum absolute atomic E-state index is 0.215. The van der Waals surface area contributed by atoms with Crippen LogP contribution in [0.2, 0.25) is 0 Å². The number of hydrogen-bond donors (Lipinski definition) is 2. The van der Waals surface area contributed by atoms with Gasteiger partial charge in [0.25, 0.3) is 0 Å². The number of rotatable bonds is 3. The van der Waals surface area contributed by atoms with Crippen molar-refractivity contribution in [2.45, 2.75) is 25.0 Å². The van der Waals surface area contributed by atoms with Gasteiger partial charge in [-0.25, -0.2) is 0 Å². The van der Waals surface area contributed by atoms with E-state index in [1.807, 2.05) is 18.2 Å². The number of ether oxygens (including phenoxy) is 1. The molecule has 84 valence electrons. The van der Waals surface area contributed by atoms with E-state index >= 15 is 0 Å². The van der Waals surface area contributed by atoms with Crippen LogP contribution in [0.1, 0.15) is 24.5 Å². The molecule has 1 atom stereocenters. The van der Waals surface area contributed by atoms with Gasteiger partial charge >= 0.3 is 7.12 Å². The molecule has 1 aliphatic carbocycles. The zero-order valence-corrected chi connectivity index (χ0v) is 8.93. The fourth-order valence-corrected chi connectivity index (χ4v) is 2.05. The Morgan fingerprint density at radius 3 is 3.00 bits per heavy atom. The van der Waals surface area contributed by atoms with Crippen LogP contribution in [0.5, 0.6) is 5.75 Å². The van der Waals surface area contributed by atoms with Crippen molar-refractivity contribution >= 4 is 12.6 Å². The van der Waals surface area contributed by atoms with Crippen LogP contribution in [0.25, 0.3) is 0 Å². The Morgan fingerprint density at radius 1 is 1.50 bits per heavy atom. The van der Waals surface area contributed by atoms with Crippen molar-refractivity contribution < 1.29 is 14.4 Å². The Hall–Kier alpha value is -1.04. The Kier molecular flexibility index (Phi) is 2.39. The van der Waals surface area contributed by atoms with Crippen LogP contribution < -0.4 is 15.9 Å². The first kappa shape index (κ1) is 10.1. The first-order valence-corrected chi connectivity index (χ1v) is 5.62. The van der Waals surface area contributed by atoms with Crippen LogP contribution in [0.4, 0.5) is 0 Å². The van der Waals surface area contributed by atoms with E-state index in [1.54, 1.807) is 0 Å². The molecule has 3 N–H and O–H groups in total. The van der Waals surface area contributed by atoms with E-state index in [1.165, 1.54) is 0 Å². The molecule has 1 aromatic carbocycles. The van der Waals surface area contributed by atoms with E-state index in [9.17, 15) is 5.02 Å². The van der Waals surface area contributed by atoms with Crippen LogP contribution in [-0.4, -0.2) is 24.8 Å². The summed E-state index contributed by atoms with van der Waals surface area (Å²) in [6.45, 7) is 0.372. The second kappa shape index (κ2) is 3.77. The third-order valence-corrected chi connectivity index (χ3v) is 3.02. The standard InChI is InChI=1S/C11H14BNO3/c13-6-10-8-2-1-3-9(15-7-4-5-7)11(8)12(14)16-10/h1-3,7,10,14H,4-6,13H2. The molecule has 0 amide bonds. The summed E-state index contributed by atoms with van der Waals surface area (Å²) in [4.78, 5) is 0. The van der Waals surface area contributed by atoms with Crippen molar-refractivity contribution in [1.82, 2.24) is 0 Å². The van der Waals surface area contributed by atoms with Gasteiger partial charge in [0.15, 0.2) is 0 Å². The molecule has 1 heterocycles. The summed E-state index contributed by atoms with van der Waals surface area (Å²) in [5.41, 5.74) is 7.30. The van der Waals surface area contributed by atoms with Gasteiger partial charge in [0, 0.05) is 12.0 Å². The van der Waals surface area contributed by atoms with Crippen molar-refractivity contribution in [2.75, 3.05) is 6.54 Å². The topological polar surface area (TPSA) is 64.7 Å². The Balaban J connectivity index is 1.97. The van der Waals surface area contributed by atoms with Gasteiger partial charge in [0.1, 0.15) is 5.75 Å². The maximum atomic E-state index is 9.84. The molecule has 2 aliphatic rings. The summed E-state index contributed by atoms with van der Waals surface area (Å²) < 4.78 is 11.1. The van der Waals surface area contributed by atoms with E-state index < -0.39 is 7.12 Å². The zero-order valence-electron chi connectivity index (χ0n) is 8.93. The van der Waals surface area contributed by atoms with Crippen molar-refractivity contribution in [1.29, 1.82) is 0 Å². The maximum absolute atomic E-state index is 9.84. The molecule has 0 radical (unpaired) electrons. The van der Waals surface area contributed by atoms with E-state index in [0.29, 0.717) is 12.6 Å². The Morgan fingerprint density at radius 2 is 2.31 bits per heavy atom. The van der Waals surface area contributed by atoms with Gasteiger partial charge in [-0.3, -0.25) is 0 Å². The molecular formula is C11H14BNO3. The van der Waals surface area contributed by atoms with E-state index in [0.717, 1.165) is 29.6 Å². The first-order valence-electron chi connectivity index (χ1n) is 5.62. The fourth-order valence-electron chi connectivity index (χ4n) is 2.05. The number of benzene rings is 1. The molecule has 0 saturated heterocycles. The molecule has 0 aromatic heterocycles. The molecule has 1 fully saturated rings. The molecule has 1 unspecified atom stereocenters. The van der Waals surface area contributed by atoms with Gasteiger partial charge in [-0.1, -0.05) is 12.1 Å². The summed E-state index contributed by atoms with van der Waals surface area (Å²) in [5.74, 6) is 0.739. The van der Waals surface area contributed by atoms with Crippen LogP contribution in [0, 0.1) is 0 Å². The summed E-state index contributed by atoms with van der Waals surface area (Å²) in [6.07, 6.45) is 2.30. The fraction of sp³-hybridized carbons (Fsp3) is 0.455. The van der Waals surface area contributed by atoms with Crippen LogP contribution in [0.15, 0.2) is 18.2 Å².